The molecule has 1 aromatic rings. The highest BCUT2D eigenvalue weighted by atomic mass is 32.2. The molecule has 0 aliphatic heterocycles. The largest absolute Gasteiger partial charge is 0.409 e. The number of oxime groups is 1. The van der Waals surface area contributed by atoms with Gasteiger partial charge >= 0.3 is 0 Å². The average Bonchev–Trinajstić information content (AvgIpc) is 2.43. The van der Waals surface area contributed by atoms with Crippen LogP contribution in [0.5, 0.6) is 0 Å². The van der Waals surface area contributed by atoms with Gasteiger partial charge in [0.05, 0.1) is 6.54 Å². The average molecular weight is 267 g/mol. The second-order valence-corrected chi connectivity index (χ2v) is 4.52. The predicted molar refractivity (Wildman–Crippen MR) is 73.2 cm³/mol. The summed E-state index contributed by atoms with van der Waals surface area (Å²) in [4.78, 5) is 14.8. The van der Waals surface area contributed by atoms with Crippen LogP contribution in [0.4, 0.5) is 0 Å². The monoisotopic (exact) mass is 267 g/mol. The second kappa shape index (κ2) is 6.90. The van der Waals surface area contributed by atoms with Gasteiger partial charge in [-0.15, -0.1) is 11.8 Å². The molecule has 0 atom stereocenters. The lowest BCUT2D eigenvalue weighted by Gasteiger charge is -2.20. The maximum Gasteiger partial charge on any atom is 0.254 e. The third-order valence-corrected chi connectivity index (χ3v) is 3.23. The fraction of sp³-hybridized carbons (Fsp3) is 0.333. The maximum absolute atomic E-state index is 12.2. The summed E-state index contributed by atoms with van der Waals surface area (Å²) in [6, 6.07) is 7.36. The molecule has 0 bridgehead atoms. The lowest BCUT2D eigenvalue weighted by Crippen LogP contribution is -2.38. The van der Waals surface area contributed by atoms with Gasteiger partial charge in [-0.2, -0.15) is 0 Å². The zero-order valence-electron chi connectivity index (χ0n) is 10.5. The molecule has 1 amide bonds. The van der Waals surface area contributed by atoms with Crippen LogP contribution >= 0.6 is 11.8 Å². The minimum Gasteiger partial charge on any atom is -0.409 e. The molecule has 18 heavy (non-hydrogen) atoms. The van der Waals surface area contributed by atoms with Crippen LogP contribution in [0.25, 0.3) is 0 Å². The van der Waals surface area contributed by atoms with E-state index in [-0.39, 0.29) is 18.3 Å². The van der Waals surface area contributed by atoms with Crippen LogP contribution in [0, 0.1) is 0 Å². The molecule has 0 unspecified atom stereocenters. The quantitative estimate of drug-likeness (QED) is 0.279. The standard InChI is InChI=1S/C12H17N3O2S/c1-3-15(8-11(13)14-17)12(16)9-4-6-10(18-2)7-5-9/h4-7,17H,3,8H2,1-2H3,(H2,13,14). The lowest BCUT2D eigenvalue weighted by atomic mass is 10.2. The first-order valence-electron chi connectivity index (χ1n) is 5.52. The van der Waals surface area contributed by atoms with E-state index in [4.69, 9.17) is 10.9 Å². The highest BCUT2D eigenvalue weighted by Crippen LogP contribution is 2.15. The van der Waals surface area contributed by atoms with Crippen LogP contribution in [-0.2, 0) is 0 Å². The highest BCUT2D eigenvalue weighted by molar-refractivity contribution is 7.98. The van der Waals surface area contributed by atoms with Crippen LogP contribution in [0.1, 0.15) is 17.3 Å². The van der Waals surface area contributed by atoms with Crippen molar-refractivity contribution in [3.8, 4) is 0 Å². The molecule has 1 rings (SSSR count). The van der Waals surface area contributed by atoms with Gasteiger partial charge in [0, 0.05) is 17.0 Å². The first kappa shape index (κ1) is 14.4. The van der Waals surface area contributed by atoms with Crippen LogP contribution in [0.2, 0.25) is 0 Å². The van der Waals surface area contributed by atoms with Crippen molar-refractivity contribution in [2.75, 3.05) is 19.3 Å². The molecule has 0 saturated heterocycles. The molecule has 98 valence electrons. The Balaban J connectivity index is 2.82. The molecule has 0 spiro atoms. The van der Waals surface area contributed by atoms with Crippen LogP contribution in [0.15, 0.2) is 34.3 Å². The normalized spacial score (nSPS) is 11.3. The van der Waals surface area contributed by atoms with Crippen molar-refractivity contribution in [2.45, 2.75) is 11.8 Å². The molecule has 0 fully saturated rings. The summed E-state index contributed by atoms with van der Waals surface area (Å²) in [6.07, 6.45) is 1.98. The zero-order chi connectivity index (χ0) is 13.5. The number of carbonyl (C=O) groups excluding carboxylic acids is 1. The molecule has 0 saturated carbocycles. The second-order valence-electron chi connectivity index (χ2n) is 3.64. The van der Waals surface area contributed by atoms with Gasteiger partial charge in [-0.05, 0) is 37.4 Å². The highest BCUT2D eigenvalue weighted by Gasteiger charge is 2.15. The molecule has 0 aliphatic carbocycles. The number of likely N-dealkylation sites (N-methyl/N-ethyl adjacent to an activating group) is 1. The third-order valence-electron chi connectivity index (χ3n) is 2.49. The topological polar surface area (TPSA) is 78.9 Å². The summed E-state index contributed by atoms with van der Waals surface area (Å²) in [5.74, 6) is -0.109. The first-order valence-corrected chi connectivity index (χ1v) is 6.74. The summed E-state index contributed by atoms with van der Waals surface area (Å²) in [5, 5.41) is 11.4. The Morgan fingerprint density at radius 3 is 2.50 bits per heavy atom. The lowest BCUT2D eigenvalue weighted by molar-refractivity contribution is 0.0786. The summed E-state index contributed by atoms with van der Waals surface area (Å²) in [7, 11) is 0. The molecule has 1 aromatic carbocycles. The molecular formula is C12H17N3O2S. The van der Waals surface area contributed by atoms with E-state index in [0.29, 0.717) is 12.1 Å². The molecule has 6 heteroatoms. The van der Waals surface area contributed by atoms with Gasteiger partial charge in [0.15, 0.2) is 5.84 Å². The predicted octanol–water partition coefficient (Wildman–Crippen LogP) is 1.62. The summed E-state index contributed by atoms with van der Waals surface area (Å²) < 4.78 is 0. The van der Waals surface area contributed by atoms with Crippen LogP contribution in [-0.4, -0.2) is 41.2 Å². The van der Waals surface area contributed by atoms with Crippen molar-refractivity contribution < 1.29 is 10.0 Å². The molecule has 0 radical (unpaired) electrons. The fourth-order valence-electron chi connectivity index (χ4n) is 1.47. The SMILES string of the molecule is CCN(CC(N)=NO)C(=O)c1ccc(SC)cc1. The number of amides is 1. The molecule has 3 N–H and O–H groups in total. The van der Waals surface area contributed by atoms with Gasteiger partial charge in [-0.3, -0.25) is 4.79 Å². The number of rotatable bonds is 5. The van der Waals surface area contributed by atoms with Gasteiger partial charge in [0.25, 0.3) is 5.91 Å². The van der Waals surface area contributed by atoms with Crippen molar-refractivity contribution >= 4 is 23.5 Å². The molecular weight excluding hydrogens is 250 g/mol. The number of nitrogens with zero attached hydrogens (tertiary/aromatic N) is 2. The van der Waals surface area contributed by atoms with Crippen LogP contribution in [0.3, 0.4) is 0 Å². The van der Waals surface area contributed by atoms with Crippen molar-refractivity contribution in [1.29, 1.82) is 0 Å². The van der Waals surface area contributed by atoms with Crippen molar-refractivity contribution in [2.24, 2.45) is 10.9 Å². The number of nitrogens with two attached hydrogens (primary N) is 1. The Morgan fingerprint density at radius 1 is 1.44 bits per heavy atom. The third kappa shape index (κ3) is 3.66. The van der Waals surface area contributed by atoms with E-state index in [1.165, 1.54) is 4.90 Å². The Morgan fingerprint density at radius 2 is 2.06 bits per heavy atom. The smallest absolute Gasteiger partial charge is 0.254 e. The molecule has 0 aromatic heterocycles. The number of hydrogen-bond donors (Lipinski definition) is 2. The van der Waals surface area contributed by atoms with Gasteiger partial charge in [-0.1, -0.05) is 5.16 Å². The molecule has 0 heterocycles. The van der Waals surface area contributed by atoms with Gasteiger partial charge < -0.3 is 15.8 Å². The van der Waals surface area contributed by atoms with Crippen molar-refractivity contribution in [1.82, 2.24) is 4.90 Å². The van der Waals surface area contributed by atoms with E-state index in [0.717, 1.165) is 4.90 Å². The Kier molecular flexibility index (Phi) is 5.51. The Labute approximate surface area is 111 Å². The number of carbonyl (C=O) groups is 1. The minimum absolute atomic E-state index is 0.0194. The van der Waals surface area contributed by atoms with E-state index < -0.39 is 0 Å². The maximum atomic E-state index is 12.2. The van der Waals surface area contributed by atoms with E-state index in [1.54, 1.807) is 23.9 Å². The van der Waals surface area contributed by atoms with Crippen LogP contribution < -0.4 is 5.73 Å². The summed E-state index contributed by atoms with van der Waals surface area (Å²) in [5.41, 5.74) is 6.01. The van der Waals surface area contributed by atoms with E-state index in [1.807, 2.05) is 25.3 Å². The van der Waals surface area contributed by atoms with Gasteiger partial charge in [0.2, 0.25) is 0 Å². The fourth-order valence-corrected chi connectivity index (χ4v) is 1.88. The molecule has 5 nitrogen and oxygen atoms in total. The number of amidine groups is 1. The first-order chi connectivity index (χ1) is 8.62. The Bertz CT molecular complexity index is 431. The zero-order valence-corrected chi connectivity index (χ0v) is 11.3. The van der Waals surface area contributed by atoms with E-state index in [9.17, 15) is 4.79 Å². The van der Waals surface area contributed by atoms with Crippen molar-refractivity contribution in [3.63, 3.8) is 0 Å². The van der Waals surface area contributed by atoms with Gasteiger partial charge in [-0.25, -0.2) is 0 Å². The minimum atomic E-state index is -0.128. The van der Waals surface area contributed by atoms with Gasteiger partial charge in [0.1, 0.15) is 0 Å². The Hall–Kier alpha value is -1.69. The number of thioether (sulfide) groups is 1. The van der Waals surface area contributed by atoms with Crippen molar-refractivity contribution in [3.05, 3.63) is 29.8 Å². The number of hydrogen-bond acceptors (Lipinski definition) is 4. The molecule has 0 aliphatic rings. The van der Waals surface area contributed by atoms with E-state index >= 15 is 0 Å². The van der Waals surface area contributed by atoms with E-state index in [2.05, 4.69) is 5.16 Å². The summed E-state index contributed by atoms with van der Waals surface area (Å²) >= 11 is 1.62. The summed E-state index contributed by atoms with van der Waals surface area (Å²) in [6.45, 7) is 2.47. The number of benzene rings is 1.